The van der Waals surface area contributed by atoms with Gasteiger partial charge in [-0.3, -0.25) is 4.79 Å². The lowest BCUT2D eigenvalue weighted by Gasteiger charge is -2.61. The molecule has 0 unspecified atom stereocenters. The van der Waals surface area contributed by atoms with Gasteiger partial charge in [0.05, 0.1) is 23.0 Å². The van der Waals surface area contributed by atoms with Crippen molar-refractivity contribution in [3.05, 3.63) is 0 Å². The van der Waals surface area contributed by atoms with Crippen LogP contribution in [0.25, 0.3) is 0 Å². The molecule has 0 atom stereocenters. The van der Waals surface area contributed by atoms with Gasteiger partial charge in [0.2, 0.25) is 0 Å². The average Bonchev–Trinajstić information content (AvgIpc) is 2.79. The maximum absolute atomic E-state index is 15.6. The summed E-state index contributed by atoms with van der Waals surface area (Å²) in [4.78, 5) is 13.3. The van der Waals surface area contributed by atoms with Gasteiger partial charge in [-0.05, 0) is 64.2 Å². The van der Waals surface area contributed by atoms with Gasteiger partial charge in [0.1, 0.15) is 6.17 Å². The van der Waals surface area contributed by atoms with Gasteiger partial charge in [0, 0.05) is 13.2 Å². The van der Waals surface area contributed by atoms with Crippen LogP contribution >= 0.6 is 0 Å². The van der Waals surface area contributed by atoms with Gasteiger partial charge in [0.25, 0.3) is 0 Å². The molecule has 0 N–H and O–H groups in total. The van der Waals surface area contributed by atoms with Crippen LogP contribution in [0.3, 0.4) is 0 Å². The normalized spacial score (nSPS) is 36.4. The van der Waals surface area contributed by atoms with E-state index < -0.39 is 17.0 Å². The van der Waals surface area contributed by atoms with E-state index in [-0.39, 0.29) is 18.0 Å². The van der Waals surface area contributed by atoms with E-state index in [1.54, 1.807) is 0 Å². The van der Waals surface area contributed by atoms with Gasteiger partial charge in [-0.2, -0.15) is 0 Å². The molecule has 0 saturated heterocycles. The second-order valence-corrected chi connectivity index (χ2v) is 10.3. The van der Waals surface area contributed by atoms with Gasteiger partial charge in [-0.1, -0.05) is 52.4 Å². The fraction of sp³-hybridized carbons (Fsp3) is 0.962. The number of carbonyl (C=O) groups excluding carboxylic acids is 1. The van der Waals surface area contributed by atoms with Crippen LogP contribution in [-0.2, 0) is 14.3 Å². The molecule has 30 heavy (non-hydrogen) atoms. The van der Waals surface area contributed by atoms with E-state index in [1.165, 1.54) is 38.5 Å². The Morgan fingerprint density at radius 3 is 1.47 bits per heavy atom. The smallest absolute Gasteiger partial charge is 0.151 e. The van der Waals surface area contributed by atoms with E-state index >= 15 is 4.39 Å². The number of ketones is 1. The van der Waals surface area contributed by atoms with Crippen LogP contribution in [0.1, 0.15) is 117 Å². The van der Waals surface area contributed by atoms with Crippen LogP contribution < -0.4 is 0 Å². The van der Waals surface area contributed by atoms with Crippen molar-refractivity contribution in [3.8, 4) is 0 Å². The zero-order chi connectivity index (χ0) is 21.5. The molecule has 0 aromatic carbocycles. The molecule has 3 aliphatic carbocycles. The molecule has 3 rings (SSSR count). The summed E-state index contributed by atoms with van der Waals surface area (Å²) in [7, 11) is 0. The van der Waals surface area contributed by atoms with Crippen molar-refractivity contribution in [1.29, 1.82) is 0 Å². The van der Waals surface area contributed by atoms with Crippen LogP contribution in [0.2, 0.25) is 0 Å². The molecule has 3 saturated carbocycles. The molecule has 3 fully saturated rings. The number of ether oxygens (including phenoxy) is 2. The fourth-order valence-electron chi connectivity index (χ4n) is 6.24. The number of unbranched alkanes of at least 4 members (excludes halogenated alkanes) is 6. The zero-order valence-corrected chi connectivity index (χ0v) is 19.6. The first-order valence-corrected chi connectivity index (χ1v) is 13.0. The molecular formula is C26H45FO3. The summed E-state index contributed by atoms with van der Waals surface area (Å²) in [5.41, 5.74) is -1.37. The largest absolute Gasteiger partial charge is 0.378 e. The second-order valence-electron chi connectivity index (χ2n) is 10.3. The molecule has 3 nitrogen and oxygen atoms in total. The van der Waals surface area contributed by atoms with Crippen LogP contribution in [0.5, 0.6) is 0 Å². The van der Waals surface area contributed by atoms with E-state index in [0.717, 1.165) is 51.7 Å². The molecular weight excluding hydrogens is 379 g/mol. The molecule has 2 spiro atoms. The highest BCUT2D eigenvalue weighted by molar-refractivity contribution is 5.98. The Labute approximate surface area is 183 Å². The maximum Gasteiger partial charge on any atom is 0.151 e. The molecule has 0 heterocycles. The summed E-state index contributed by atoms with van der Waals surface area (Å²) < 4.78 is 27.6. The molecule has 0 aromatic heterocycles. The third kappa shape index (κ3) is 5.11. The Kier molecular flexibility index (Phi) is 9.19. The topological polar surface area (TPSA) is 35.5 Å². The van der Waals surface area contributed by atoms with Crippen LogP contribution in [0, 0.1) is 10.8 Å². The van der Waals surface area contributed by atoms with Crippen LogP contribution in [0.15, 0.2) is 0 Å². The van der Waals surface area contributed by atoms with E-state index in [0.29, 0.717) is 25.7 Å². The summed E-state index contributed by atoms with van der Waals surface area (Å²) in [6.07, 6.45) is 15.3. The predicted molar refractivity (Wildman–Crippen MR) is 119 cm³/mol. The van der Waals surface area contributed by atoms with Crippen molar-refractivity contribution in [3.63, 3.8) is 0 Å². The fourth-order valence-corrected chi connectivity index (χ4v) is 6.24. The van der Waals surface area contributed by atoms with E-state index in [1.807, 2.05) is 0 Å². The lowest BCUT2D eigenvalue weighted by Crippen LogP contribution is -2.69. The van der Waals surface area contributed by atoms with Crippen LogP contribution in [0.4, 0.5) is 4.39 Å². The van der Waals surface area contributed by atoms with Crippen molar-refractivity contribution in [2.45, 2.75) is 135 Å². The maximum atomic E-state index is 15.6. The standard InChI is InChI=1S/C26H45FO3/c1-3-5-7-9-19-29-21-11-15-25(16-12-21)23(27)26(24(25)28)17-13-22(14-18-26)30-20-10-8-6-4-2/h21-23H,3-20H2,1-2H3. The number of alkyl halides is 1. The average molecular weight is 425 g/mol. The minimum Gasteiger partial charge on any atom is -0.378 e. The Hall–Kier alpha value is -0.480. The SMILES string of the molecule is CCCCCCOC1CCC2(CC1)C(=O)C1(CCC(OCCCCCC)CC1)C2F. The zero-order valence-electron chi connectivity index (χ0n) is 19.6. The first-order valence-electron chi connectivity index (χ1n) is 13.0. The number of halogens is 1. The lowest BCUT2D eigenvalue weighted by atomic mass is 9.42. The van der Waals surface area contributed by atoms with Gasteiger partial charge >= 0.3 is 0 Å². The summed E-state index contributed by atoms with van der Waals surface area (Å²) in [6, 6.07) is 0. The van der Waals surface area contributed by atoms with Crippen molar-refractivity contribution >= 4 is 5.78 Å². The first kappa shape index (κ1) is 24.2. The minimum atomic E-state index is -0.950. The number of Topliss-reactive ketones (excluding diaryl/α,β-unsaturated/α-hetero) is 1. The summed E-state index contributed by atoms with van der Waals surface area (Å²) >= 11 is 0. The van der Waals surface area contributed by atoms with E-state index in [4.69, 9.17) is 9.47 Å². The molecule has 3 aliphatic rings. The molecule has 0 aromatic rings. The Morgan fingerprint density at radius 2 is 1.13 bits per heavy atom. The molecule has 0 amide bonds. The highest BCUT2D eigenvalue weighted by Gasteiger charge is 2.71. The minimum absolute atomic E-state index is 0.227. The van der Waals surface area contributed by atoms with Crippen molar-refractivity contribution in [2.24, 2.45) is 10.8 Å². The summed E-state index contributed by atoms with van der Waals surface area (Å²) in [6.45, 7) is 6.06. The first-order chi connectivity index (χ1) is 14.6. The Balaban J connectivity index is 1.38. The summed E-state index contributed by atoms with van der Waals surface area (Å²) in [5, 5.41) is 0. The third-order valence-corrected chi connectivity index (χ3v) is 8.23. The van der Waals surface area contributed by atoms with Crippen molar-refractivity contribution in [2.75, 3.05) is 13.2 Å². The third-order valence-electron chi connectivity index (χ3n) is 8.23. The molecule has 0 bridgehead atoms. The molecule has 174 valence electrons. The quantitative estimate of drug-likeness (QED) is 0.318. The monoisotopic (exact) mass is 424 g/mol. The van der Waals surface area contributed by atoms with Gasteiger partial charge in [0.15, 0.2) is 5.78 Å². The number of rotatable bonds is 12. The van der Waals surface area contributed by atoms with Gasteiger partial charge in [-0.25, -0.2) is 4.39 Å². The molecule has 0 aliphatic heterocycles. The van der Waals surface area contributed by atoms with Gasteiger partial charge in [-0.15, -0.1) is 0 Å². The highest BCUT2D eigenvalue weighted by Crippen LogP contribution is 2.64. The summed E-state index contributed by atoms with van der Waals surface area (Å²) in [5.74, 6) is 0.241. The van der Waals surface area contributed by atoms with Gasteiger partial charge < -0.3 is 9.47 Å². The van der Waals surface area contributed by atoms with Crippen LogP contribution in [-0.4, -0.2) is 37.4 Å². The predicted octanol–water partition coefficient (Wildman–Crippen LogP) is 6.96. The Bertz CT molecular complexity index is 474. The van der Waals surface area contributed by atoms with Crippen molar-refractivity contribution < 1.29 is 18.7 Å². The molecule has 4 heteroatoms. The number of carbonyl (C=O) groups is 1. The second kappa shape index (κ2) is 11.4. The Morgan fingerprint density at radius 1 is 0.733 bits per heavy atom. The lowest BCUT2D eigenvalue weighted by molar-refractivity contribution is -0.198. The van der Waals surface area contributed by atoms with E-state index in [2.05, 4.69) is 13.8 Å². The van der Waals surface area contributed by atoms with Crippen molar-refractivity contribution in [1.82, 2.24) is 0 Å². The molecule has 0 radical (unpaired) electrons. The number of hydrogen-bond donors (Lipinski definition) is 0. The number of hydrogen-bond acceptors (Lipinski definition) is 3. The highest BCUT2D eigenvalue weighted by atomic mass is 19.1. The van der Waals surface area contributed by atoms with E-state index in [9.17, 15) is 4.79 Å².